The maximum Gasteiger partial charge on any atom is 0.261 e. The largest absolute Gasteiger partial charge is 0.481 e. The summed E-state index contributed by atoms with van der Waals surface area (Å²) >= 11 is 0. The van der Waals surface area contributed by atoms with Crippen molar-refractivity contribution < 1.29 is 9.53 Å². The van der Waals surface area contributed by atoms with Crippen LogP contribution in [0.1, 0.15) is 44.2 Å². The maximum atomic E-state index is 12.3. The molecule has 0 spiro atoms. The highest BCUT2D eigenvalue weighted by molar-refractivity contribution is 5.81. The molecule has 1 aliphatic rings. The lowest BCUT2D eigenvalue weighted by Gasteiger charge is -2.20. The number of hydrogen-bond donors (Lipinski definition) is 2. The molecule has 1 aromatic rings. The molecule has 23 heavy (non-hydrogen) atoms. The second-order valence-corrected chi connectivity index (χ2v) is 6.49. The van der Waals surface area contributed by atoms with Crippen LogP contribution in [0.2, 0.25) is 0 Å². The van der Waals surface area contributed by atoms with Crippen molar-refractivity contribution in [2.24, 2.45) is 0 Å². The first-order valence-corrected chi connectivity index (χ1v) is 8.41. The minimum absolute atomic E-state index is 0.0688. The number of rotatable bonds is 6. The van der Waals surface area contributed by atoms with Crippen LogP contribution in [0.25, 0.3) is 0 Å². The zero-order valence-corrected chi connectivity index (χ0v) is 14.6. The fourth-order valence-corrected chi connectivity index (χ4v) is 2.64. The number of aryl methyl sites for hydroxylation is 1. The van der Waals surface area contributed by atoms with Gasteiger partial charge in [-0.25, -0.2) is 0 Å². The molecule has 1 unspecified atom stereocenters. The number of amides is 1. The molecule has 0 saturated heterocycles. The quantitative estimate of drug-likeness (QED) is 0.793. The third-order valence-corrected chi connectivity index (χ3v) is 4.11. The summed E-state index contributed by atoms with van der Waals surface area (Å²) in [6.45, 7) is 10.6. The second-order valence-electron chi connectivity index (χ2n) is 6.49. The van der Waals surface area contributed by atoms with E-state index in [2.05, 4.69) is 42.7 Å². The average Bonchev–Trinajstić information content (AvgIpc) is 2.53. The summed E-state index contributed by atoms with van der Waals surface area (Å²) in [7, 11) is 0. The topological polar surface area (TPSA) is 50.4 Å². The van der Waals surface area contributed by atoms with Gasteiger partial charge in [0.15, 0.2) is 6.10 Å². The Kier molecular flexibility index (Phi) is 6.22. The van der Waals surface area contributed by atoms with Crippen molar-refractivity contribution in [3.05, 3.63) is 41.0 Å². The number of ether oxygens (including phenoxy) is 1. The Hall–Kier alpha value is -1.81. The van der Waals surface area contributed by atoms with Crippen LogP contribution in [0.3, 0.4) is 0 Å². The predicted molar refractivity (Wildman–Crippen MR) is 93.9 cm³/mol. The highest BCUT2D eigenvalue weighted by Crippen LogP contribution is 2.28. The predicted octanol–water partition coefficient (Wildman–Crippen LogP) is 2.92. The van der Waals surface area contributed by atoms with Crippen LogP contribution in [-0.2, 0) is 4.79 Å². The molecular weight excluding hydrogens is 288 g/mol. The van der Waals surface area contributed by atoms with E-state index < -0.39 is 6.10 Å². The molecule has 4 heteroatoms. The van der Waals surface area contributed by atoms with Gasteiger partial charge in [-0.15, -0.1) is 0 Å². The smallest absolute Gasteiger partial charge is 0.261 e. The average molecular weight is 316 g/mol. The Labute approximate surface area is 139 Å². The number of carbonyl (C=O) groups excluding carboxylic acids is 1. The Bertz CT molecular complexity index is 579. The third-order valence-electron chi connectivity index (χ3n) is 4.11. The van der Waals surface area contributed by atoms with Gasteiger partial charge in [0.1, 0.15) is 5.75 Å². The lowest BCUT2D eigenvalue weighted by molar-refractivity contribution is -0.127. The summed E-state index contributed by atoms with van der Waals surface area (Å²) in [5.41, 5.74) is 3.55. The lowest BCUT2D eigenvalue weighted by atomic mass is 10.0. The van der Waals surface area contributed by atoms with E-state index in [1.54, 1.807) is 6.92 Å². The van der Waals surface area contributed by atoms with Crippen molar-refractivity contribution in [2.45, 2.75) is 46.1 Å². The molecular formula is C19H28N2O2. The Morgan fingerprint density at radius 3 is 2.78 bits per heavy atom. The van der Waals surface area contributed by atoms with Crippen LogP contribution < -0.4 is 15.4 Å². The van der Waals surface area contributed by atoms with Gasteiger partial charge in [0.25, 0.3) is 5.91 Å². The van der Waals surface area contributed by atoms with Crippen LogP contribution in [0.4, 0.5) is 0 Å². The summed E-state index contributed by atoms with van der Waals surface area (Å²) in [6, 6.07) is 6.17. The standard InChI is InChI=1S/C19H28N2O2/c1-13(2)17-6-5-14(3)11-18(17)23-15(4)19(22)21-12-16-7-9-20-10-8-16/h5-7,11,13,15,20H,8-10,12H2,1-4H3,(H,21,22). The van der Waals surface area contributed by atoms with Crippen LogP contribution in [0.15, 0.2) is 29.8 Å². The van der Waals surface area contributed by atoms with Crippen molar-refractivity contribution in [1.82, 2.24) is 10.6 Å². The molecule has 1 atom stereocenters. The first-order chi connectivity index (χ1) is 11.0. The summed E-state index contributed by atoms with van der Waals surface area (Å²) in [4.78, 5) is 12.3. The fourth-order valence-electron chi connectivity index (χ4n) is 2.64. The molecule has 0 bridgehead atoms. The summed E-state index contributed by atoms with van der Waals surface area (Å²) in [5.74, 6) is 1.10. The van der Waals surface area contributed by atoms with Crippen LogP contribution in [0, 0.1) is 6.92 Å². The van der Waals surface area contributed by atoms with Gasteiger partial charge in [0, 0.05) is 13.1 Å². The monoisotopic (exact) mass is 316 g/mol. The van der Waals surface area contributed by atoms with E-state index in [-0.39, 0.29) is 5.91 Å². The highest BCUT2D eigenvalue weighted by atomic mass is 16.5. The normalized spacial score (nSPS) is 16.0. The van der Waals surface area contributed by atoms with Crippen LogP contribution in [-0.4, -0.2) is 31.6 Å². The van der Waals surface area contributed by atoms with Crippen molar-refractivity contribution >= 4 is 5.91 Å². The summed E-state index contributed by atoms with van der Waals surface area (Å²) in [5, 5.41) is 6.24. The number of nitrogens with one attached hydrogen (secondary N) is 2. The SMILES string of the molecule is Cc1ccc(C(C)C)c(OC(C)C(=O)NCC2=CCNCC2)c1. The van der Waals surface area contributed by atoms with Crippen molar-refractivity contribution in [2.75, 3.05) is 19.6 Å². The molecule has 4 nitrogen and oxygen atoms in total. The zero-order valence-electron chi connectivity index (χ0n) is 14.6. The molecule has 0 aromatic heterocycles. The van der Waals surface area contributed by atoms with Gasteiger partial charge in [-0.1, -0.05) is 37.6 Å². The number of hydrogen-bond acceptors (Lipinski definition) is 3. The molecule has 0 aliphatic carbocycles. The van der Waals surface area contributed by atoms with Gasteiger partial charge < -0.3 is 15.4 Å². The zero-order chi connectivity index (χ0) is 16.8. The fraction of sp³-hybridized carbons (Fsp3) is 0.526. The molecule has 0 radical (unpaired) electrons. The maximum absolute atomic E-state index is 12.3. The van der Waals surface area contributed by atoms with Gasteiger partial charge in [0.2, 0.25) is 0 Å². The third kappa shape index (κ3) is 5.10. The minimum atomic E-state index is -0.503. The van der Waals surface area contributed by atoms with Crippen molar-refractivity contribution in [1.29, 1.82) is 0 Å². The van der Waals surface area contributed by atoms with E-state index in [0.29, 0.717) is 12.5 Å². The molecule has 126 valence electrons. The van der Waals surface area contributed by atoms with Crippen molar-refractivity contribution in [3.63, 3.8) is 0 Å². The lowest BCUT2D eigenvalue weighted by Crippen LogP contribution is -2.38. The van der Waals surface area contributed by atoms with Gasteiger partial charge >= 0.3 is 0 Å². The van der Waals surface area contributed by atoms with E-state index >= 15 is 0 Å². The van der Waals surface area contributed by atoms with Crippen molar-refractivity contribution in [3.8, 4) is 5.75 Å². The molecule has 1 heterocycles. The summed E-state index contributed by atoms with van der Waals surface area (Å²) < 4.78 is 5.95. The van der Waals surface area contributed by atoms with Gasteiger partial charge in [0.05, 0.1) is 0 Å². The molecule has 0 fully saturated rings. The molecule has 2 rings (SSSR count). The highest BCUT2D eigenvalue weighted by Gasteiger charge is 2.18. The molecule has 0 saturated carbocycles. The molecule has 1 aromatic carbocycles. The molecule has 1 amide bonds. The number of carbonyl (C=O) groups is 1. The van der Waals surface area contributed by atoms with E-state index in [1.165, 1.54) is 5.57 Å². The Morgan fingerprint density at radius 2 is 2.13 bits per heavy atom. The molecule has 2 N–H and O–H groups in total. The van der Waals surface area contributed by atoms with E-state index in [4.69, 9.17) is 4.74 Å². The Balaban J connectivity index is 1.95. The van der Waals surface area contributed by atoms with E-state index in [0.717, 1.165) is 36.4 Å². The Morgan fingerprint density at radius 1 is 1.35 bits per heavy atom. The first-order valence-electron chi connectivity index (χ1n) is 8.41. The van der Waals surface area contributed by atoms with E-state index in [9.17, 15) is 4.79 Å². The second kappa shape index (κ2) is 8.16. The van der Waals surface area contributed by atoms with Gasteiger partial charge in [-0.3, -0.25) is 4.79 Å². The molecule has 1 aliphatic heterocycles. The summed E-state index contributed by atoms with van der Waals surface area (Å²) in [6.07, 6.45) is 2.63. The first kappa shape index (κ1) is 17.5. The van der Waals surface area contributed by atoms with Gasteiger partial charge in [-0.05, 0) is 49.9 Å². The van der Waals surface area contributed by atoms with E-state index in [1.807, 2.05) is 13.0 Å². The van der Waals surface area contributed by atoms with Crippen LogP contribution >= 0.6 is 0 Å². The minimum Gasteiger partial charge on any atom is -0.481 e. The number of benzene rings is 1. The van der Waals surface area contributed by atoms with Gasteiger partial charge in [-0.2, -0.15) is 0 Å². The van der Waals surface area contributed by atoms with Crippen LogP contribution in [0.5, 0.6) is 5.75 Å².